The Morgan fingerprint density at radius 2 is 2.56 bits per heavy atom. The first-order chi connectivity index (χ1) is 4.35. The van der Waals surface area contributed by atoms with E-state index in [2.05, 4.69) is 5.32 Å². The Hall–Kier alpha value is -1.17. The van der Waals surface area contributed by atoms with Crippen LogP contribution in [0.4, 0.5) is 0 Å². The maximum absolute atomic E-state index is 8.15. The Morgan fingerprint density at radius 3 is 2.89 bits per heavy atom. The van der Waals surface area contributed by atoms with Gasteiger partial charge in [0.25, 0.3) is 0 Å². The minimum absolute atomic E-state index is 0.514. The zero-order valence-corrected chi connectivity index (χ0v) is 5.64. The number of rotatable bonds is 3. The van der Waals surface area contributed by atoms with Crippen LogP contribution in [0.25, 0.3) is 0 Å². The summed E-state index contributed by atoms with van der Waals surface area (Å²) in [6.45, 7) is 2.44. The highest BCUT2D eigenvalue weighted by molar-refractivity contribution is 5.05. The van der Waals surface area contributed by atoms with Crippen LogP contribution in [0.3, 0.4) is 0 Å². The van der Waals surface area contributed by atoms with Gasteiger partial charge in [-0.1, -0.05) is 0 Å². The summed E-state index contributed by atoms with van der Waals surface area (Å²) in [7, 11) is 1.71. The first kappa shape index (κ1) is 7.83. The summed E-state index contributed by atoms with van der Waals surface area (Å²) in [6.07, 6.45) is 1.32. The van der Waals surface area contributed by atoms with Crippen molar-refractivity contribution in [3.8, 4) is 6.07 Å². The molecule has 0 radical (unpaired) electrons. The minimum Gasteiger partial charge on any atom is -0.479 e. The number of nitrogens with one attached hydrogen (secondary N) is 1. The summed E-state index contributed by atoms with van der Waals surface area (Å²) >= 11 is 0. The van der Waals surface area contributed by atoms with E-state index in [9.17, 15) is 0 Å². The molecule has 0 unspecified atom stereocenters. The second kappa shape index (κ2) is 4.98. The summed E-state index contributed by atoms with van der Waals surface area (Å²) in [5.74, 6) is 0.514. The van der Waals surface area contributed by atoms with E-state index in [4.69, 9.17) is 10.00 Å². The second-order valence-corrected chi connectivity index (χ2v) is 1.32. The number of hydrogen-bond donors (Lipinski definition) is 1. The van der Waals surface area contributed by atoms with Gasteiger partial charge in [-0.15, -0.1) is 0 Å². The minimum atomic E-state index is 0.514. The van der Waals surface area contributed by atoms with Gasteiger partial charge in [-0.2, -0.15) is 5.26 Å². The lowest BCUT2D eigenvalue weighted by Gasteiger charge is -2.03. The highest BCUT2D eigenvalue weighted by Gasteiger charge is 1.87. The Labute approximate surface area is 54.9 Å². The quantitative estimate of drug-likeness (QED) is 0.445. The van der Waals surface area contributed by atoms with Gasteiger partial charge < -0.3 is 10.1 Å². The van der Waals surface area contributed by atoms with Crippen LogP contribution in [0.1, 0.15) is 6.92 Å². The summed E-state index contributed by atoms with van der Waals surface area (Å²) in [6, 6.07) is 1.85. The van der Waals surface area contributed by atoms with Crippen LogP contribution >= 0.6 is 0 Å². The van der Waals surface area contributed by atoms with Crippen LogP contribution in [-0.4, -0.2) is 13.7 Å². The lowest BCUT2D eigenvalue weighted by molar-refractivity contribution is 0.211. The topological polar surface area (TPSA) is 45.0 Å². The standard InChI is InChI=1S/C6H10N2O/c1-3-9-6(8-2)4-5-7/h4,8H,3H2,1-2H3/b6-4+. The predicted molar refractivity (Wildman–Crippen MR) is 34.4 cm³/mol. The first-order valence-electron chi connectivity index (χ1n) is 2.75. The number of nitrogens with zero attached hydrogens (tertiary/aromatic N) is 1. The molecule has 0 amide bonds. The molecule has 0 rings (SSSR count). The SMILES string of the molecule is CCO/C(=C/C#N)NC. The van der Waals surface area contributed by atoms with Crippen LogP contribution in [-0.2, 0) is 4.74 Å². The van der Waals surface area contributed by atoms with E-state index in [0.717, 1.165) is 0 Å². The Morgan fingerprint density at radius 1 is 1.89 bits per heavy atom. The fraction of sp³-hybridized carbons (Fsp3) is 0.500. The monoisotopic (exact) mass is 126 g/mol. The van der Waals surface area contributed by atoms with Crippen LogP contribution in [0.15, 0.2) is 12.0 Å². The third-order valence-corrected chi connectivity index (χ3v) is 0.742. The van der Waals surface area contributed by atoms with E-state index in [1.807, 2.05) is 13.0 Å². The van der Waals surface area contributed by atoms with Crippen LogP contribution in [0.2, 0.25) is 0 Å². The molecule has 9 heavy (non-hydrogen) atoms. The zero-order chi connectivity index (χ0) is 7.11. The van der Waals surface area contributed by atoms with Gasteiger partial charge in [-0.05, 0) is 6.92 Å². The molecular weight excluding hydrogens is 116 g/mol. The molecule has 0 saturated carbocycles. The van der Waals surface area contributed by atoms with E-state index in [-0.39, 0.29) is 0 Å². The Bertz CT molecular complexity index is 134. The van der Waals surface area contributed by atoms with Gasteiger partial charge >= 0.3 is 0 Å². The third-order valence-electron chi connectivity index (χ3n) is 0.742. The Balaban J connectivity index is 3.70. The molecule has 1 N–H and O–H groups in total. The van der Waals surface area contributed by atoms with Crippen molar-refractivity contribution in [2.45, 2.75) is 6.92 Å². The predicted octanol–water partition coefficient (Wildman–Crippen LogP) is 0.607. The lowest BCUT2D eigenvalue weighted by atomic mass is 10.6. The van der Waals surface area contributed by atoms with Crippen molar-refractivity contribution in [2.75, 3.05) is 13.7 Å². The average Bonchev–Trinajstić information content (AvgIpc) is 1.88. The molecule has 50 valence electrons. The van der Waals surface area contributed by atoms with Gasteiger partial charge in [0.2, 0.25) is 0 Å². The largest absolute Gasteiger partial charge is 0.479 e. The fourth-order valence-corrected chi connectivity index (χ4v) is 0.400. The molecule has 0 aliphatic carbocycles. The van der Waals surface area contributed by atoms with E-state index in [1.165, 1.54) is 6.08 Å². The van der Waals surface area contributed by atoms with Crippen LogP contribution < -0.4 is 5.32 Å². The molecule has 0 aromatic carbocycles. The number of allylic oxidation sites excluding steroid dienone is 1. The number of ether oxygens (including phenoxy) is 1. The third kappa shape index (κ3) is 3.42. The van der Waals surface area contributed by atoms with Crippen molar-refractivity contribution in [3.63, 3.8) is 0 Å². The molecule has 3 heteroatoms. The molecule has 0 fully saturated rings. The van der Waals surface area contributed by atoms with Gasteiger partial charge in [0.05, 0.1) is 18.8 Å². The smallest absolute Gasteiger partial charge is 0.197 e. The maximum atomic E-state index is 8.15. The second-order valence-electron chi connectivity index (χ2n) is 1.32. The van der Waals surface area contributed by atoms with Crippen molar-refractivity contribution in [1.82, 2.24) is 5.32 Å². The van der Waals surface area contributed by atoms with Gasteiger partial charge in [0.15, 0.2) is 5.88 Å². The van der Waals surface area contributed by atoms with Gasteiger partial charge in [0.1, 0.15) is 0 Å². The highest BCUT2D eigenvalue weighted by Crippen LogP contribution is 1.87. The lowest BCUT2D eigenvalue weighted by Crippen LogP contribution is -2.08. The van der Waals surface area contributed by atoms with E-state index < -0.39 is 0 Å². The molecule has 0 heterocycles. The molecule has 0 aromatic rings. The van der Waals surface area contributed by atoms with Crippen LogP contribution in [0.5, 0.6) is 0 Å². The normalized spacial score (nSPS) is 10.1. The molecule has 0 aliphatic heterocycles. The number of nitriles is 1. The molecule has 0 spiro atoms. The zero-order valence-electron chi connectivity index (χ0n) is 5.64. The summed E-state index contributed by atoms with van der Waals surface area (Å²) in [5, 5.41) is 10.9. The van der Waals surface area contributed by atoms with Gasteiger partial charge in [0, 0.05) is 7.05 Å². The molecule has 0 aromatic heterocycles. The first-order valence-corrected chi connectivity index (χ1v) is 2.75. The van der Waals surface area contributed by atoms with Gasteiger partial charge in [-0.3, -0.25) is 0 Å². The summed E-state index contributed by atoms with van der Waals surface area (Å²) < 4.78 is 4.96. The van der Waals surface area contributed by atoms with E-state index in [0.29, 0.717) is 12.5 Å². The molecule has 0 bridgehead atoms. The summed E-state index contributed by atoms with van der Waals surface area (Å²) in [5.41, 5.74) is 0. The molecule has 0 atom stereocenters. The molecule has 3 nitrogen and oxygen atoms in total. The van der Waals surface area contributed by atoms with Crippen molar-refractivity contribution in [2.24, 2.45) is 0 Å². The van der Waals surface area contributed by atoms with Crippen molar-refractivity contribution >= 4 is 0 Å². The molecule has 0 saturated heterocycles. The van der Waals surface area contributed by atoms with Crippen molar-refractivity contribution in [3.05, 3.63) is 12.0 Å². The van der Waals surface area contributed by atoms with Crippen LogP contribution in [0, 0.1) is 11.3 Å². The Kier molecular flexibility index (Phi) is 4.33. The summed E-state index contributed by atoms with van der Waals surface area (Å²) in [4.78, 5) is 0. The van der Waals surface area contributed by atoms with Crippen molar-refractivity contribution in [1.29, 1.82) is 5.26 Å². The number of hydrogen-bond acceptors (Lipinski definition) is 3. The van der Waals surface area contributed by atoms with E-state index >= 15 is 0 Å². The average molecular weight is 126 g/mol. The maximum Gasteiger partial charge on any atom is 0.197 e. The van der Waals surface area contributed by atoms with E-state index in [1.54, 1.807) is 7.05 Å². The molecule has 0 aliphatic rings. The molecular formula is C6H10N2O. The highest BCUT2D eigenvalue weighted by atomic mass is 16.5. The van der Waals surface area contributed by atoms with Crippen molar-refractivity contribution < 1.29 is 4.74 Å². The fourth-order valence-electron chi connectivity index (χ4n) is 0.400. The van der Waals surface area contributed by atoms with Gasteiger partial charge in [-0.25, -0.2) is 0 Å².